The first-order valence-corrected chi connectivity index (χ1v) is 9.75. The third-order valence-electron chi connectivity index (χ3n) is 5.63. The van der Waals surface area contributed by atoms with Gasteiger partial charge in [0.2, 0.25) is 5.91 Å². The molecule has 1 atom stereocenters. The van der Waals surface area contributed by atoms with Crippen molar-refractivity contribution in [2.45, 2.75) is 19.3 Å². The number of ether oxygens (including phenoxy) is 1. The van der Waals surface area contributed by atoms with Gasteiger partial charge in [-0.15, -0.1) is 0 Å². The normalized spacial score (nSPS) is 17.9. The molecule has 5 rings (SSSR count). The van der Waals surface area contributed by atoms with Crippen LogP contribution < -0.4 is 15.4 Å². The number of benzene rings is 2. The van der Waals surface area contributed by atoms with Crippen molar-refractivity contribution in [3.63, 3.8) is 0 Å². The highest BCUT2D eigenvalue weighted by atomic mass is 16.5. The number of methoxy groups -OCH3 is 1. The van der Waals surface area contributed by atoms with E-state index >= 15 is 0 Å². The highest BCUT2D eigenvalue weighted by molar-refractivity contribution is 5.99. The molecule has 3 aromatic rings. The summed E-state index contributed by atoms with van der Waals surface area (Å²) < 4.78 is 7.59. The van der Waals surface area contributed by atoms with Crippen LogP contribution in [0.25, 0.3) is 5.69 Å². The van der Waals surface area contributed by atoms with E-state index in [1.54, 1.807) is 7.11 Å². The Bertz CT molecular complexity index is 1130. The monoisotopic (exact) mass is 386 g/mol. The maximum absolute atomic E-state index is 12.9. The molecule has 0 bridgehead atoms. The summed E-state index contributed by atoms with van der Waals surface area (Å²) in [4.78, 5) is 12.9. The van der Waals surface area contributed by atoms with Gasteiger partial charge in [0, 0.05) is 35.4 Å². The minimum Gasteiger partial charge on any atom is -0.496 e. The summed E-state index contributed by atoms with van der Waals surface area (Å²) in [5.41, 5.74) is 5.55. The summed E-state index contributed by atoms with van der Waals surface area (Å²) in [7, 11) is 1.66. The molecule has 0 saturated heterocycles. The number of rotatable bonds is 3. The van der Waals surface area contributed by atoms with Crippen molar-refractivity contribution in [2.75, 3.05) is 19.0 Å². The molecule has 2 aromatic carbocycles. The van der Waals surface area contributed by atoms with Gasteiger partial charge in [-0.05, 0) is 25.1 Å². The molecular formula is C23H22N4O2. The summed E-state index contributed by atoms with van der Waals surface area (Å²) >= 11 is 0. The second-order valence-corrected chi connectivity index (χ2v) is 7.29. The molecule has 6 nitrogen and oxygen atoms in total. The number of carbonyl (C=O) groups is 1. The Morgan fingerprint density at radius 2 is 1.86 bits per heavy atom. The SMILES string of the molecule is COc1ccccc1C1C2=C(CCNC2=O)Nc2c1c(C)nn2-c1ccccc1. The van der Waals surface area contributed by atoms with E-state index < -0.39 is 0 Å². The smallest absolute Gasteiger partial charge is 0.249 e. The van der Waals surface area contributed by atoms with E-state index in [9.17, 15) is 4.79 Å². The molecule has 3 heterocycles. The highest BCUT2D eigenvalue weighted by Gasteiger charge is 2.40. The zero-order valence-corrected chi connectivity index (χ0v) is 16.4. The number of fused-ring (bicyclic) bond motifs is 1. The van der Waals surface area contributed by atoms with Gasteiger partial charge in [0.15, 0.2) is 0 Å². The lowest BCUT2D eigenvalue weighted by atomic mass is 9.79. The Morgan fingerprint density at radius 1 is 1.10 bits per heavy atom. The zero-order valence-electron chi connectivity index (χ0n) is 16.4. The van der Waals surface area contributed by atoms with Gasteiger partial charge in [-0.25, -0.2) is 4.68 Å². The highest BCUT2D eigenvalue weighted by Crippen LogP contribution is 2.47. The number of carbonyl (C=O) groups excluding carboxylic acids is 1. The first-order valence-electron chi connectivity index (χ1n) is 9.75. The lowest BCUT2D eigenvalue weighted by Crippen LogP contribution is -2.38. The minimum absolute atomic E-state index is 0.0350. The molecule has 2 aliphatic rings. The number of amides is 1. The van der Waals surface area contributed by atoms with Gasteiger partial charge in [-0.1, -0.05) is 36.4 Å². The number of para-hydroxylation sites is 2. The topological polar surface area (TPSA) is 68.2 Å². The molecule has 146 valence electrons. The fourth-order valence-electron chi connectivity index (χ4n) is 4.37. The van der Waals surface area contributed by atoms with Crippen LogP contribution in [0.3, 0.4) is 0 Å². The van der Waals surface area contributed by atoms with Gasteiger partial charge >= 0.3 is 0 Å². The van der Waals surface area contributed by atoms with E-state index in [4.69, 9.17) is 9.84 Å². The van der Waals surface area contributed by atoms with Crippen LogP contribution in [-0.4, -0.2) is 29.3 Å². The van der Waals surface area contributed by atoms with Crippen LogP contribution in [-0.2, 0) is 4.79 Å². The average molecular weight is 386 g/mol. The number of anilines is 1. The maximum atomic E-state index is 12.9. The van der Waals surface area contributed by atoms with Crippen LogP contribution in [0, 0.1) is 6.92 Å². The van der Waals surface area contributed by atoms with Crippen molar-refractivity contribution in [3.8, 4) is 11.4 Å². The number of aromatic nitrogens is 2. The van der Waals surface area contributed by atoms with Crippen LogP contribution in [0.1, 0.15) is 29.2 Å². The third kappa shape index (κ3) is 2.71. The van der Waals surface area contributed by atoms with Crippen molar-refractivity contribution in [1.29, 1.82) is 0 Å². The van der Waals surface area contributed by atoms with E-state index in [1.165, 1.54) is 0 Å². The molecule has 1 amide bonds. The number of nitrogens with zero attached hydrogens (tertiary/aromatic N) is 2. The molecule has 0 aliphatic carbocycles. The number of nitrogens with one attached hydrogen (secondary N) is 2. The number of hydrogen-bond acceptors (Lipinski definition) is 4. The molecule has 0 saturated carbocycles. The van der Waals surface area contributed by atoms with Crippen molar-refractivity contribution >= 4 is 11.7 Å². The second-order valence-electron chi connectivity index (χ2n) is 7.29. The van der Waals surface area contributed by atoms with Crippen molar-refractivity contribution in [1.82, 2.24) is 15.1 Å². The third-order valence-corrected chi connectivity index (χ3v) is 5.63. The van der Waals surface area contributed by atoms with Gasteiger partial charge in [-0.3, -0.25) is 4.79 Å². The second kappa shape index (κ2) is 6.81. The molecule has 0 fully saturated rings. The number of hydrogen-bond donors (Lipinski definition) is 2. The lowest BCUT2D eigenvalue weighted by molar-refractivity contribution is -0.118. The van der Waals surface area contributed by atoms with Gasteiger partial charge < -0.3 is 15.4 Å². The zero-order chi connectivity index (χ0) is 20.0. The Labute approximate surface area is 169 Å². The fraction of sp³-hybridized carbons (Fsp3) is 0.217. The quantitative estimate of drug-likeness (QED) is 0.723. The summed E-state index contributed by atoms with van der Waals surface area (Å²) in [6.07, 6.45) is 0.755. The first-order chi connectivity index (χ1) is 14.2. The molecule has 0 radical (unpaired) electrons. The average Bonchev–Trinajstić information content (AvgIpc) is 3.09. The molecule has 2 aliphatic heterocycles. The molecule has 6 heteroatoms. The van der Waals surface area contributed by atoms with Gasteiger partial charge in [0.05, 0.1) is 24.4 Å². The van der Waals surface area contributed by atoms with E-state index in [1.807, 2.05) is 66.2 Å². The first kappa shape index (κ1) is 17.6. The Hall–Kier alpha value is -3.54. The fourth-order valence-corrected chi connectivity index (χ4v) is 4.37. The maximum Gasteiger partial charge on any atom is 0.249 e. The standard InChI is InChI=1S/C23H22N4O2/c1-14-19-20(16-10-6-7-11-18(16)29-2)21-17(12-13-24-23(21)28)25-22(19)27(26-14)15-8-4-3-5-9-15/h3-11,20,25H,12-13H2,1-2H3,(H,24,28). The van der Waals surface area contributed by atoms with Gasteiger partial charge in [-0.2, -0.15) is 5.10 Å². The van der Waals surface area contributed by atoms with E-state index in [-0.39, 0.29) is 11.8 Å². The predicted octanol–water partition coefficient (Wildman–Crippen LogP) is 3.52. The summed E-state index contributed by atoms with van der Waals surface area (Å²) in [6, 6.07) is 17.9. The lowest BCUT2D eigenvalue weighted by Gasteiger charge is -2.33. The summed E-state index contributed by atoms with van der Waals surface area (Å²) in [6.45, 7) is 2.62. The van der Waals surface area contributed by atoms with Crippen molar-refractivity contribution < 1.29 is 9.53 Å². The van der Waals surface area contributed by atoms with Crippen molar-refractivity contribution in [3.05, 3.63) is 82.7 Å². The van der Waals surface area contributed by atoms with Crippen LogP contribution in [0.15, 0.2) is 65.9 Å². The van der Waals surface area contributed by atoms with Crippen LogP contribution in [0.2, 0.25) is 0 Å². The molecule has 29 heavy (non-hydrogen) atoms. The Balaban J connectivity index is 1.78. The predicted molar refractivity (Wildman–Crippen MR) is 111 cm³/mol. The largest absolute Gasteiger partial charge is 0.496 e. The van der Waals surface area contributed by atoms with E-state index in [0.29, 0.717) is 6.54 Å². The van der Waals surface area contributed by atoms with E-state index in [0.717, 1.165) is 51.8 Å². The van der Waals surface area contributed by atoms with Crippen LogP contribution in [0.5, 0.6) is 5.75 Å². The molecule has 1 unspecified atom stereocenters. The Kier molecular flexibility index (Phi) is 4.12. The van der Waals surface area contributed by atoms with Crippen LogP contribution >= 0.6 is 0 Å². The molecule has 2 N–H and O–H groups in total. The van der Waals surface area contributed by atoms with Gasteiger partial charge in [0.25, 0.3) is 0 Å². The summed E-state index contributed by atoms with van der Waals surface area (Å²) in [5.74, 6) is 1.41. The Morgan fingerprint density at radius 3 is 2.66 bits per heavy atom. The molecule has 0 spiro atoms. The van der Waals surface area contributed by atoms with E-state index in [2.05, 4.69) is 10.6 Å². The minimum atomic E-state index is -0.241. The molecular weight excluding hydrogens is 364 g/mol. The number of aryl methyl sites for hydroxylation is 1. The van der Waals surface area contributed by atoms with Crippen LogP contribution in [0.4, 0.5) is 5.82 Å². The summed E-state index contributed by atoms with van der Waals surface area (Å²) in [5, 5.41) is 11.4. The van der Waals surface area contributed by atoms with Crippen molar-refractivity contribution in [2.24, 2.45) is 0 Å². The van der Waals surface area contributed by atoms with Gasteiger partial charge in [0.1, 0.15) is 11.6 Å². The molecule has 1 aromatic heterocycles.